The lowest BCUT2D eigenvalue weighted by Crippen LogP contribution is -2.51. The van der Waals surface area contributed by atoms with Crippen LogP contribution in [-0.2, 0) is 9.84 Å². The molecule has 0 aromatic heterocycles. The van der Waals surface area contributed by atoms with Crippen LogP contribution in [0.15, 0.2) is 0 Å². The number of unbranched alkanes of at least 4 members (excludes halogenated alkanes) is 1. The molecule has 0 saturated carbocycles. The van der Waals surface area contributed by atoms with Crippen molar-refractivity contribution in [3.8, 4) is 12.3 Å². The lowest BCUT2D eigenvalue weighted by atomic mass is 9.97. The SMILES string of the molecule is C#CCCCC(NCCC)C(C)(C)S(C)(=O)=O. The molecule has 0 fully saturated rings. The van der Waals surface area contributed by atoms with Crippen LogP contribution in [-0.4, -0.2) is 32.0 Å². The van der Waals surface area contributed by atoms with E-state index in [1.807, 2.05) is 0 Å². The summed E-state index contributed by atoms with van der Waals surface area (Å²) in [5.74, 6) is 2.59. The van der Waals surface area contributed by atoms with Crippen LogP contribution >= 0.6 is 0 Å². The van der Waals surface area contributed by atoms with E-state index >= 15 is 0 Å². The highest BCUT2D eigenvalue weighted by Crippen LogP contribution is 2.23. The number of hydrogen-bond acceptors (Lipinski definition) is 3. The van der Waals surface area contributed by atoms with Crippen molar-refractivity contribution in [2.24, 2.45) is 0 Å². The van der Waals surface area contributed by atoms with E-state index in [-0.39, 0.29) is 6.04 Å². The molecule has 0 rings (SSSR count). The van der Waals surface area contributed by atoms with Gasteiger partial charge in [0.25, 0.3) is 0 Å². The van der Waals surface area contributed by atoms with E-state index in [1.54, 1.807) is 13.8 Å². The molecule has 0 heterocycles. The average molecular weight is 259 g/mol. The Hall–Kier alpha value is -0.530. The highest BCUT2D eigenvalue weighted by Gasteiger charge is 2.38. The van der Waals surface area contributed by atoms with Crippen molar-refractivity contribution in [2.45, 2.75) is 57.2 Å². The van der Waals surface area contributed by atoms with Gasteiger partial charge in [-0.2, -0.15) is 0 Å². The number of terminal acetylenes is 1. The van der Waals surface area contributed by atoms with E-state index in [9.17, 15) is 8.42 Å². The van der Waals surface area contributed by atoms with Crippen molar-refractivity contribution < 1.29 is 8.42 Å². The van der Waals surface area contributed by atoms with Crippen LogP contribution in [0.1, 0.15) is 46.5 Å². The van der Waals surface area contributed by atoms with Crippen molar-refractivity contribution in [3.05, 3.63) is 0 Å². The van der Waals surface area contributed by atoms with Crippen LogP contribution in [0.4, 0.5) is 0 Å². The normalized spacial score (nSPS) is 14.3. The molecular formula is C13H25NO2S. The molecule has 3 nitrogen and oxygen atoms in total. The average Bonchev–Trinajstić information content (AvgIpc) is 2.21. The molecule has 0 saturated heterocycles. The fourth-order valence-electron chi connectivity index (χ4n) is 1.68. The Labute approximate surface area is 106 Å². The summed E-state index contributed by atoms with van der Waals surface area (Å²) in [4.78, 5) is 0. The molecule has 1 unspecified atom stereocenters. The predicted octanol–water partition coefficient (Wildman–Crippen LogP) is 1.98. The summed E-state index contributed by atoms with van der Waals surface area (Å²) < 4.78 is 22.9. The fraction of sp³-hybridized carbons (Fsp3) is 0.846. The molecule has 4 heteroatoms. The van der Waals surface area contributed by atoms with Gasteiger partial charge in [-0.3, -0.25) is 0 Å². The summed E-state index contributed by atoms with van der Waals surface area (Å²) in [5.41, 5.74) is 0. The lowest BCUT2D eigenvalue weighted by Gasteiger charge is -2.33. The second kappa shape index (κ2) is 7.03. The molecule has 1 N–H and O–H groups in total. The Morgan fingerprint density at radius 1 is 1.41 bits per heavy atom. The van der Waals surface area contributed by atoms with Gasteiger partial charge in [0.05, 0.1) is 4.75 Å². The molecule has 17 heavy (non-hydrogen) atoms. The first-order valence-electron chi connectivity index (χ1n) is 6.13. The molecule has 0 aliphatic carbocycles. The van der Waals surface area contributed by atoms with Crippen LogP contribution in [0.5, 0.6) is 0 Å². The Morgan fingerprint density at radius 2 is 2.00 bits per heavy atom. The Balaban J connectivity index is 4.72. The summed E-state index contributed by atoms with van der Waals surface area (Å²) in [6, 6.07) is -0.0363. The van der Waals surface area contributed by atoms with Crippen molar-refractivity contribution in [3.63, 3.8) is 0 Å². The number of rotatable bonds is 8. The quantitative estimate of drug-likeness (QED) is 0.535. The number of sulfone groups is 1. The highest BCUT2D eigenvalue weighted by molar-refractivity contribution is 7.92. The fourth-order valence-corrected chi connectivity index (χ4v) is 2.40. The molecule has 100 valence electrons. The minimum absolute atomic E-state index is 0.0363. The van der Waals surface area contributed by atoms with E-state index in [2.05, 4.69) is 18.2 Å². The Bertz CT molecular complexity index is 352. The van der Waals surface area contributed by atoms with Gasteiger partial charge in [0.2, 0.25) is 0 Å². The molecule has 1 atom stereocenters. The number of nitrogens with one attached hydrogen (secondary N) is 1. The monoisotopic (exact) mass is 259 g/mol. The molecule has 0 aromatic rings. The third kappa shape index (κ3) is 5.10. The van der Waals surface area contributed by atoms with Gasteiger partial charge in [0.1, 0.15) is 0 Å². The van der Waals surface area contributed by atoms with E-state index in [0.717, 1.165) is 25.8 Å². The zero-order valence-corrected chi connectivity index (χ0v) is 12.2. The minimum atomic E-state index is -3.08. The molecule has 0 bridgehead atoms. The largest absolute Gasteiger partial charge is 0.312 e. The molecule has 0 aromatic carbocycles. The van der Waals surface area contributed by atoms with Crippen molar-refractivity contribution in [1.29, 1.82) is 0 Å². The van der Waals surface area contributed by atoms with Crippen molar-refractivity contribution >= 4 is 9.84 Å². The van der Waals surface area contributed by atoms with E-state index in [0.29, 0.717) is 6.42 Å². The molecular weight excluding hydrogens is 234 g/mol. The Kier molecular flexibility index (Phi) is 6.81. The summed E-state index contributed by atoms with van der Waals surface area (Å²) >= 11 is 0. The smallest absolute Gasteiger partial charge is 0.154 e. The van der Waals surface area contributed by atoms with Crippen molar-refractivity contribution in [1.82, 2.24) is 5.32 Å². The van der Waals surface area contributed by atoms with Crippen LogP contribution in [0.2, 0.25) is 0 Å². The summed E-state index contributed by atoms with van der Waals surface area (Å²) in [6.07, 6.45) is 9.87. The van der Waals surface area contributed by atoms with Gasteiger partial charge in [0, 0.05) is 18.7 Å². The first-order valence-corrected chi connectivity index (χ1v) is 8.03. The standard InChI is InChI=1S/C13H25NO2S/c1-6-8-9-10-12(14-11-7-2)13(3,4)17(5,15)16/h1,12,14H,7-11H2,2-5H3. The summed E-state index contributed by atoms with van der Waals surface area (Å²) in [7, 11) is -3.08. The van der Waals surface area contributed by atoms with Gasteiger partial charge in [-0.05, 0) is 39.7 Å². The highest BCUT2D eigenvalue weighted by atomic mass is 32.2. The van der Waals surface area contributed by atoms with E-state index in [4.69, 9.17) is 6.42 Å². The lowest BCUT2D eigenvalue weighted by molar-refractivity contribution is 0.382. The van der Waals surface area contributed by atoms with Crippen LogP contribution in [0.3, 0.4) is 0 Å². The van der Waals surface area contributed by atoms with Crippen LogP contribution in [0, 0.1) is 12.3 Å². The summed E-state index contributed by atoms with van der Waals surface area (Å²) in [5, 5.41) is 3.33. The number of hydrogen-bond donors (Lipinski definition) is 1. The molecule has 0 spiro atoms. The Morgan fingerprint density at radius 3 is 2.41 bits per heavy atom. The predicted molar refractivity (Wildman–Crippen MR) is 73.7 cm³/mol. The third-order valence-electron chi connectivity index (χ3n) is 3.25. The van der Waals surface area contributed by atoms with Gasteiger partial charge in [0.15, 0.2) is 9.84 Å². The second-order valence-corrected chi connectivity index (χ2v) is 7.58. The van der Waals surface area contributed by atoms with Gasteiger partial charge >= 0.3 is 0 Å². The van der Waals surface area contributed by atoms with Crippen LogP contribution in [0.25, 0.3) is 0 Å². The maximum absolute atomic E-state index is 11.8. The molecule has 0 aliphatic rings. The maximum atomic E-state index is 11.8. The molecule has 0 aliphatic heterocycles. The zero-order chi connectivity index (χ0) is 13.5. The topological polar surface area (TPSA) is 46.2 Å². The minimum Gasteiger partial charge on any atom is -0.312 e. The first-order chi connectivity index (χ1) is 7.77. The first kappa shape index (κ1) is 16.5. The van der Waals surface area contributed by atoms with Crippen molar-refractivity contribution in [2.75, 3.05) is 12.8 Å². The molecule has 0 amide bonds. The second-order valence-electron chi connectivity index (χ2n) is 4.98. The third-order valence-corrected chi connectivity index (χ3v) is 5.45. The maximum Gasteiger partial charge on any atom is 0.154 e. The molecule has 0 radical (unpaired) electrons. The zero-order valence-electron chi connectivity index (χ0n) is 11.4. The van der Waals surface area contributed by atoms with Gasteiger partial charge in [-0.15, -0.1) is 12.3 Å². The van der Waals surface area contributed by atoms with E-state index in [1.165, 1.54) is 6.26 Å². The van der Waals surface area contributed by atoms with Gasteiger partial charge in [-0.25, -0.2) is 8.42 Å². The van der Waals surface area contributed by atoms with Gasteiger partial charge in [-0.1, -0.05) is 6.92 Å². The van der Waals surface area contributed by atoms with E-state index < -0.39 is 14.6 Å². The summed E-state index contributed by atoms with van der Waals surface area (Å²) in [6.45, 7) is 6.47. The van der Waals surface area contributed by atoms with Crippen LogP contribution < -0.4 is 5.32 Å². The van der Waals surface area contributed by atoms with Gasteiger partial charge < -0.3 is 5.32 Å².